The Balaban J connectivity index is 2.13. The molecule has 1 amide bonds. The molecule has 0 radical (unpaired) electrons. The maximum Gasteiger partial charge on any atom is 0.295 e. The van der Waals surface area contributed by atoms with Crippen LogP contribution in [0.3, 0.4) is 0 Å². The minimum Gasteiger partial charge on any atom is -0.507 e. The number of aliphatic hydroxyl groups excluding tert-OH is 1. The Hall–Kier alpha value is -3.12. The number of benzene rings is 2. The van der Waals surface area contributed by atoms with E-state index in [4.69, 9.17) is 4.74 Å². The van der Waals surface area contributed by atoms with Gasteiger partial charge in [-0.3, -0.25) is 9.59 Å². The molecule has 1 fully saturated rings. The lowest BCUT2D eigenvalue weighted by Crippen LogP contribution is -2.35. The lowest BCUT2D eigenvalue weighted by molar-refractivity contribution is -0.140. The van der Waals surface area contributed by atoms with Crippen molar-refractivity contribution in [2.24, 2.45) is 0 Å². The van der Waals surface area contributed by atoms with Crippen molar-refractivity contribution in [3.63, 3.8) is 0 Å². The van der Waals surface area contributed by atoms with Crippen LogP contribution >= 0.6 is 0 Å². The largest absolute Gasteiger partial charge is 0.507 e. The van der Waals surface area contributed by atoms with Crippen LogP contribution in [0.25, 0.3) is 5.76 Å². The van der Waals surface area contributed by atoms with E-state index < -0.39 is 17.7 Å². The van der Waals surface area contributed by atoms with Gasteiger partial charge in [-0.25, -0.2) is 0 Å². The molecule has 3 rings (SSSR count). The van der Waals surface area contributed by atoms with Gasteiger partial charge in [-0.1, -0.05) is 50.2 Å². The molecule has 1 heterocycles. The van der Waals surface area contributed by atoms with Crippen LogP contribution in [0, 0.1) is 0 Å². The number of amides is 1. The fraction of sp³-hybridized carbons (Fsp3) is 0.360. The second-order valence-electron chi connectivity index (χ2n) is 8.35. The van der Waals surface area contributed by atoms with Crippen LogP contribution in [0.2, 0.25) is 0 Å². The highest BCUT2D eigenvalue weighted by Gasteiger charge is 2.45. The first-order chi connectivity index (χ1) is 14.7. The van der Waals surface area contributed by atoms with Gasteiger partial charge >= 0.3 is 0 Å². The van der Waals surface area contributed by atoms with E-state index in [9.17, 15) is 14.7 Å². The fourth-order valence-corrected chi connectivity index (χ4v) is 3.75. The van der Waals surface area contributed by atoms with Crippen molar-refractivity contribution < 1.29 is 19.4 Å². The highest BCUT2D eigenvalue weighted by Crippen LogP contribution is 2.39. The van der Waals surface area contributed by atoms with Gasteiger partial charge in [0.15, 0.2) is 0 Å². The zero-order chi connectivity index (χ0) is 22.7. The second-order valence-corrected chi connectivity index (χ2v) is 8.35. The summed E-state index contributed by atoms with van der Waals surface area (Å²) in [5.41, 5.74) is 2.51. The fourth-order valence-electron chi connectivity index (χ4n) is 3.75. The number of carbonyl (C=O) groups excluding carboxylic acids is 2. The monoisotopic (exact) mass is 422 g/mol. The predicted octanol–water partition coefficient (Wildman–Crippen LogP) is 3.80. The van der Waals surface area contributed by atoms with E-state index >= 15 is 0 Å². The molecule has 1 unspecified atom stereocenters. The molecule has 2 aromatic rings. The number of methoxy groups -OCH3 is 1. The maximum atomic E-state index is 13.0. The van der Waals surface area contributed by atoms with Gasteiger partial charge in [0, 0.05) is 18.7 Å². The molecule has 0 saturated carbocycles. The molecule has 1 aliphatic heterocycles. The normalized spacial score (nSPS) is 18.3. The number of rotatable bonds is 7. The Labute approximate surface area is 183 Å². The summed E-state index contributed by atoms with van der Waals surface area (Å²) >= 11 is 0. The van der Waals surface area contributed by atoms with Crippen LogP contribution in [0.4, 0.5) is 0 Å². The van der Waals surface area contributed by atoms with Crippen molar-refractivity contribution in [1.29, 1.82) is 0 Å². The summed E-state index contributed by atoms with van der Waals surface area (Å²) in [4.78, 5) is 29.5. The molecular weight excluding hydrogens is 392 g/mol. The molecule has 31 heavy (non-hydrogen) atoms. The number of hydrogen-bond donors (Lipinski definition) is 1. The summed E-state index contributed by atoms with van der Waals surface area (Å²) in [5, 5.41) is 11.1. The topological polar surface area (TPSA) is 70.1 Å². The SMILES string of the molecule is COc1cccc(/C(O)=C2/C(=O)C(=O)N(CCN(C)C)C2c2ccc(C(C)C)cc2)c1. The molecule has 1 saturated heterocycles. The molecule has 1 atom stereocenters. The second kappa shape index (κ2) is 9.35. The molecule has 0 bridgehead atoms. The summed E-state index contributed by atoms with van der Waals surface area (Å²) in [6.45, 7) is 5.21. The van der Waals surface area contributed by atoms with Crippen molar-refractivity contribution in [1.82, 2.24) is 9.80 Å². The average molecular weight is 423 g/mol. The van der Waals surface area contributed by atoms with Crippen LogP contribution in [0.15, 0.2) is 54.1 Å². The van der Waals surface area contributed by atoms with Crippen molar-refractivity contribution in [3.05, 3.63) is 70.8 Å². The van der Waals surface area contributed by atoms with E-state index in [1.165, 1.54) is 12.7 Å². The van der Waals surface area contributed by atoms with Gasteiger partial charge < -0.3 is 19.6 Å². The van der Waals surface area contributed by atoms with E-state index in [2.05, 4.69) is 13.8 Å². The Kier molecular flexibility index (Phi) is 6.81. The molecule has 2 aromatic carbocycles. The number of carbonyl (C=O) groups is 2. The maximum absolute atomic E-state index is 13.0. The van der Waals surface area contributed by atoms with Gasteiger partial charge in [0.05, 0.1) is 18.7 Å². The smallest absolute Gasteiger partial charge is 0.295 e. The number of hydrogen-bond acceptors (Lipinski definition) is 5. The summed E-state index contributed by atoms with van der Waals surface area (Å²) in [5.74, 6) is -0.529. The number of nitrogens with zero attached hydrogens (tertiary/aromatic N) is 2. The van der Waals surface area contributed by atoms with Crippen LogP contribution < -0.4 is 4.74 Å². The van der Waals surface area contributed by atoms with Gasteiger partial charge in [0.25, 0.3) is 11.7 Å². The third-order valence-electron chi connectivity index (χ3n) is 5.59. The minimum atomic E-state index is -0.669. The molecule has 0 spiro atoms. The van der Waals surface area contributed by atoms with Crippen LogP contribution in [-0.4, -0.2) is 60.9 Å². The number of likely N-dealkylation sites (N-methyl/N-ethyl adjacent to an activating group) is 1. The van der Waals surface area contributed by atoms with Crippen molar-refractivity contribution in [3.8, 4) is 5.75 Å². The van der Waals surface area contributed by atoms with E-state index in [1.807, 2.05) is 43.3 Å². The van der Waals surface area contributed by atoms with Crippen molar-refractivity contribution in [2.45, 2.75) is 25.8 Å². The summed E-state index contributed by atoms with van der Waals surface area (Å²) in [6, 6.07) is 14.1. The van der Waals surface area contributed by atoms with E-state index in [-0.39, 0.29) is 11.3 Å². The van der Waals surface area contributed by atoms with Crippen LogP contribution in [0.1, 0.15) is 42.5 Å². The Morgan fingerprint density at radius 1 is 1.13 bits per heavy atom. The zero-order valence-corrected chi connectivity index (χ0v) is 18.8. The van der Waals surface area contributed by atoms with E-state index in [0.717, 1.165) is 5.56 Å². The molecular formula is C25H30N2O4. The first-order valence-corrected chi connectivity index (χ1v) is 10.4. The Morgan fingerprint density at radius 3 is 2.39 bits per heavy atom. The number of aliphatic hydroxyl groups is 1. The van der Waals surface area contributed by atoms with Crippen LogP contribution in [-0.2, 0) is 9.59 Å². The van der Waals surface area contributed by atoms with Crippen molar-refractivity contribution in [2.75, 3.05) is 34.3 Å². The quantitative estimate of drug-likeness (QED) is 0.418. The summed E-state index contributed by atoms with van der Waals surface area (Å²) in [6.07, 6.45) is 0. The molecule has 0 aromatic heterocycles. The Bertz CT molecular complexity index is 993. The third-order valence-corrected chi connectivity index (χ3v) is 5.59. The first kappa shape index (κ1) is 22.6. The molecule has 1 aliphatic rings. The van der Waals surface area contributed by atoms with Gasteiger partial charge in [-0.2, -0.15) is 0 Å². The zero-order valence-electron chi connectivity index (χ0n) is 18.8. The third kappa shape index (κ3) is 4.64. The van der Waals surface area contributed by atoms with Crippen LogP contribution in [0.5, 0.6) is 5.75 Å². The molecule has 0 aliphatic carbocycles. The molecule has 164 valence electrons. The highest BCUT2D eigenvalue weighted by atomic mass is 16.5. The van der Waals surface area contributed by atoms with Gasteiger partial charge in [-0.05, 0) is 43.3 Å². The highest BCUT2D eigenvalue weighted by molar-refractivity contribution is 6.46. The number of ketones is 1. The number of Topliss-reactive ketones (excluding diaryl/α,β-unsaturated/α-hetero) is 1. The lowest BCUT2D eigenvalue weighted by Gasteiger charge is -2.27. The molecule has 6 nitrogen and oxygen atoms in total. The predicted molar refractivity (Wildman–Crippen MR) is 121 cm³/mol. The lowest BCUT2D eigenvalue weighted by atomic mass is 9.93. The van der Waals surface area contributed by atoms with E-state index in [1.54, 1.807) is 29.2 Å². The molecule has 1 N–H and O–H groups in total. The number of ether oxygens (including phenoxy) is 1. The minimum absolute atomic E-state index is 0.106. The van der Waals surface area contributed by atoms with Gasteiger partial charge in [0.1, 0.15) is 11.5 Å². The summed E-state index contributed by atoms with van der Waals surface area (Å²) < 4.78 is 5.25. The Morgan fingerprint density at radius 2 is 1.81 bits per heavy atom. The van der Waals surface area contributed by atoms with Crippen molar-refractivity contribution >= 4 is 17.4 Å². The van der Waals surface area contributed by atoms with E-state index in [0.29, 0.717) is 30.3 Å². The summed E-state index contributed by atoms with van der Waals surface area (Å²) in [7, 11) is 5.37. The first-order valence-electron chi connectivity index (χ1n) is 10.4. The van der Waals surface area contributed by atoms with Gasteiger partial charge in [-0.15, -0.1) is 0 Å². The van der Waals surface area contributed by atoms with Gasteiger partial charge in [0.2, 0.25) is 0 Å². The number of likely N-dealkylation sites (tertiary alicyclic amines) is 1. The molecule has 6 heteroatoms. The average Bonchev–Trinajstić information content (AvgIpc) is 3.01. The standard InChI is InChI=1S/C25H30N2O4/c1-16(2)17-9-11-18(12-10-17)22-21(23(28)19-7-6-8-20(15-19)31-5)24(29)25(30)27(22)14-13-26(3)4/h6-12,15-16,22,28H,13-14H2,1-5H3/b23-21-.